The van der Waals surface area contributed by atoms with Gasteiger partial charge >= 0.3 is 0 Å². The molecule has 6 heteroatoms. The Morgan fingerprint density at radius 2 is 1.70 bits per heavy atom. The van der Waals surface area contributed by atoms with Crippen LogP contribution in [0.1, 0.15) is 34.5 Å². The molecule has 0 aliphatic carbocycles. The van der Waals surface area contributed by atoms with Crippen molar-refractivity contribution in [2.75, 3.05) is 10.2 Å². The molecule has 0 saturated heterocycles. The predicted octanol–water partition coefficient (Wildman–Crippen LogP) is 7.00. The van der Waals surface area contributed by atoms with Crippen LogP contribution in [-0.4, -0.2) is 10.9 Å². The largest absolute Gasteiger partial charge is 0.363 e. The molecule has 1 unspecified atom stereocenters. The lowest BCUT2D eigenvalue weighted by Gasteiger charge is -2.25. The highest BCUT2D eigenvalue weighted by molar-refractivity contribution is 9.10. The lowest BCUT2D eigenvalue weighted by atomic mass is 10.1. The number of anilines is 2. The van der Waals surface area contributed by atoms with Crippen LogP contribution in [0.5, 0.6) is 0 Å². The summed E-state index contributed by atoms with van der Waals surface area (Å²) in [7, 11) is 0. The van der Waals surface area contributed by atoms with Crippen molar-refractivity contribution < 1.29 is 9.18 Å². The highest BCUT2D eigenvalue weighted by Gasteiger charge is 2.21. The van der Waals surface area contributed by atoms with Gasteiger partial charge in [-0.2, -0.15) is 0 Å². The van der Waals surface area contributed by atoms with Crippen LogP contribution in [0.15, 0.2) is 102 Å². The fraction of sp³-hybridized carbons (Fsp3) is 0.111. The minimum atomic E-state index is -0.312. The van der Waals surface area contributed by atoms with Crippen LogP contribution in [0.3, 0.4) is 0 Å². The van der Waals surface area contributed by atoms with E-state index >= 15 is 0 Å². The van der Waals surface area contributed by atoms with Crippen molar-refractivity contribution in [3.63, 3.8) is 0 Å². The van der Waals surface area contributed by atoms with Crippen molar-refractivity contribution >= 4 is 33.3 Å². The second-order valence-corrected chi connectivity index (χ2v) is 8.53. The molecule has 3 aromatic carbocycles. The third-order valence-corrected chi connectivity index (χ3v) is 6.01. The molecule has 1 amide bonds. The summed E-state index contributed by atoms with van der Waals surface area (Å²) < 4.78 is 14.1. The Hall–Kier alpha value is -3.51. The van der Waals surface area contributed by atoms with Crippen molar-refractivity contribution in [1.29, 1.82) is 0 Å². The van der Waals surface area contributed by atoms with Gasteiger partial charge in [-0.05, 0) is 64.3 Å². The number of hydrogen-bond acceptors (Lipinski definition) is 3. The maximum absolute atomic E-state index is 13.6. The molecule has 0 bridgehead atoms. The van der Waals surface area contributed by atoms with E-state index in [1.54, 1.807) is 35.4 Å². The number of benzene rings is 3. The Balaban J connectivity index is 1.66. The van der Waals surface area contributed by atoms with Gasteiger partial charge in [0.15, 0.2) is 0 Å². The van der Waals surface area contributed by atoms with E-state index in [4.69, 9.17) is 0 Å². The first-order chi connectivity index (χ1) is 16.0. The standard InChI is InChI=1S/C27H23BrFN3O/c1-19(21-7-3-2-4-8-21)31-26-17-23(15-16-30-26)32(18-20-11-13-22(29)14-12-20)27(33)24-9-5-6-10-25(24)28/h2-17,19H,18H2,1H3,(H,30,31). The number of amides is 1. The molecule has 1 heterocycles. The van der Waals surface area contributed by atoms with Crippen LogP contribution in [-0.2, 0) is 6.54 Å². The highest BCUT2D eigenvalue weighted by Crippen LogP contribution is 2.27. The molecule has 0 spiro atoms. The minimum absolute atomic E-state index is 0.0402. The van der Waals surface area contributed by atoms with E-state index in [1.165, 1.54) is 12.1 Å². The third-order valence-electron chi connectivity index (χ3n) is 5.32. The molecule has 0 fully saturated rings. The van der Waals surface area contributed by atoms with Gasteiger partial charge in [-0.3, -0.25) is 4.79 Å². The second kappa shape index (κ2) is 10.4. The number of aromatic nitrogens is 1. The van der Waals surface area contributed by atoms with Gasteiger partial charge in [0.2, 0.25) is 0 Å². The van der Waals surface area contributed by atoms with E-state index in [1.807, 2.05) is 42.5 Å². The number of pyridine rings is 1. The second-order valence-electron chi connectivity index (χ2n) is 7.67. The normalized spacial score (nSPS) is 11.6. The Kier molecular flexibility index (Phi) is 7.15. The fourth-order valence-corrected chi connectivity index (χ4v) is 4.00. The van der Waals surface area contributed by atoms with Crippen molar-refractivity contribution in [2.24, 2.45) is 0 Å². The predicted molar refractivity (Wildman–Crippen MR) is 134 cm³/mol. The summed E-state index contributed by atoms with van der Waals surface area (Å²) in [6.45, 7) is 2.35. The molecule has 1 atom stereocenters. The van der Waals surface area contributed by atoms with Crippen LogP contribution in [0.25, 0.3) is 0 Å². The average molecular weight is 504 g/mol. The number of hydrogen-bond donors (Lipinski definition) is 1. The maximum atomic E-state index is 13.6. The van der Waals surface area contributed by atoms with Gasteiger partial charge in [0.1, 0.15) is 11.6 Å². The zero-order valence-corrected chi connectivity index (χ0v) is 19.7. The first-order valence-corrected chi connectivity index (χ1v) is 11.4. The lowest BCUT2D eigenvalue weighted by molar-refractivity contribution is 0.0984. The Morgan fingerprint density at radius 1 is 1.00 bits per heavy atom. The Bertz CT molecular complexity index is 1230. The summed E-state index contributed by atoms with van der Waals surface area (Å²) in [6, 6.07) is 27.3. The molecular weight excluding hydrogens is 481 g/mol. The highest BCUT2D eigenvalue weighted by atomic mass is 79.9. The number of carbonyl (C=O) groups is 1. The average Bonchev–Trinajstić information content (AvgIpc) is 2.84. The number of carbonyl (C=O) groups excluding carboxylic acids is 1. The van der Waals surface area contributed by atoms with Crippen LogP contribution < -0.4 is 10.2 Å². The van der Waals surface area contributed by atoms with Gasteiger partial charge in [-0.25, -0.2) is 9.37 Å². The fourth-order valence-electron chi connectivity index (χ4n) is 3.55. The zero-order chi connectivity index (χ0) is 23.2. The van der Waals surface area contributed by atoms with Gasteiger partial charge in [0, 0.05) is 28.5 Å². The molecular formula is C27H23BrFN3O. The van der Waals surface area contributed by atoms with Crippen molar-refractivity contribution in [3.8, 4) is 0 Å². The molecule has 33 heavy (non-hydrogen) atoms. The summed E-state index contributed by atoms with van der Waals surface area (Å²) in [4.78, 5) is 19.7. The topological polar surface area (TPSA) is 45.2 Å². The maximum Gasteiger partial charge on any atom is 0.259 e. The molecule has 166 valence electrons. The summed E-state index contributed by atoms with van der Waals surface area (Å²) in [6.07, 6.45) is 1.68. The van der Waals surface area contributed by atoms with E-state index in [9.17, 15) is 9.18 Å². The molecule has 4 nitrogen and oxygen atoms in total. The number of nitrogens with zero attached hydrogens (tertiary/aromatic N) is 2. The third kappa shape index (κ3) is 5.65. The van der Waals surface area contributed by atoms with E-state index in [0.29, 0.717) is 21.5 Å². The molecule has 4 rings (SSSR count). The lowest BCUT2D eigenvalue weighted by Crippen LogP contribution is -2.31. The van der Waals surface area contributed by atoms with Crippen molar-refractivity contribution in [3.05, 3.63) is 124 Å². The van der Waals surface area contributed by atoms with Crippen molar-refractivity contribution in [2.45, 2.75) is 19.5 Å². The number of halogens is 2. The smallest absolute Gasteiger partial charge is 0.259 e. The first kappa shape index (κ1) is 22.7. The Labute approximate surface area is 201 Å². The minimum Gasteiger partial charge on any atom is -0.363 e. The zero-order valence-electron chi connectivity index (χ0n) is 18.1. The van der Waals surface area contributed by atoms with Crippen LogP contribution in [0.2, 0.25) is 0 Å². The van der Waals surface area contributed by atoms with Gasteiger partial charge in [0.05, 0.1) is 12.1 Å². The van der Waals surface area contributed by atoms with Crippen LogP contribution >= 0.6 is 15.9 Å². The summed E-state index contributed by atoms with van der Waals surface area (Å²) >= 11 is 3.48. The van der Waals surface area contributed by atoms with Gasteiger partial charge in [-0.1, -0.05) is 54.6 Å². The van der Waals surface area contributed by atoms with Gasteiger partial charge in [-0.15, -0.1) is 0 Å². The number of rotatable bonds is 7. The van der Waals surface area contributed by atoms with Crippen LogP contribution in [0, 0.1) is 5.82 Å². The molecule has 0 saturated carbocycles. The van der Waals surface area contributed by atoms with Crippen LogP contribution in [0.4, 0.5) is 15.9 Å². The molecule has 0 aliphatic heterocycles. The summed E-state index contributed by atoms with van der Waals surface area (Å²) in [5, 5.41) is 3.41. The molecule has 0 radical (unpaired) electrons. The number of nitrogens with one attached hydrogen (secondary N) is 1. The molecule has 0 aliphatic rings. The summed E-state index contributed by atoms with van der Waals surface area (Å²) in [5.74, 6) is 0.181. The van der Waals surface area contributed by atoms with Gasteiger partial charge in [0.25, 0.3) is 5.91 Å². The van der Waals surface area contributed by atoms with E-state index in [2.05, 4.69) is 45.3 Å². The summed E-state index contributed by atoms with van der Waals surface area (Å²) in [5.41, 5.74) is 3.19. The Morgan fingerprint density at radius 3 is 2.42 bits per heavy atom. The SMILES string of the molecule is CC(Nc1cc(N(Cc2ccc(F)cc2)C(=O)c2ccccc2Br)ccn1)c1ccccc1. The monoisotopic (exact) mass is 503 g/mol. The van der Waals surface area contributed by atoms with Crippen molar-refractivity contribution in [1.82, 2.24) is 4.98 Å². The molecule has 1 N–H and O–H groups in total. The van der Waals surface area contributed by atoms with E-state index < -0.39 is 0 Å². The quantitative estimate of drug-likeness (QED) is 0.295. The van der Waals surface area contributed by atoms with Gasteiger partial charge < -0.3 is 10.2 Å². The molecule has 1 aromatic heterocycles. The molecule has 4 aromatic rings. The first-order valence-electron chi connectivity index (χ1n) is 10.6. The van der Waals surface area contributed by atoms with E-state index in [-0.39, 0.29) is 24.3 Å². The van der Waals surface area contributed by atoms with E-state index in [0.717, 1.165) is 11.1 Å².